The molecule has 0 aromatic rings. The van der Waals surface area contributed by atoms with Crippen LogP contribution in [0.5, 0.6) is 0 Å². The molecule has 0 rings (SSSR count). The van der Waals surface area contributed by atoms with Gasteiger partial charge in [-0.1, -0.05) is 207 Å². The normalized spacial score (nSPS) is 11.8. The zero-order valence-electron chi connectivity index (χ0n) is 33.7. The smallest absolute Gasteiger partial charge is 0.306 e. The van der Waals surface area contributed by atoms with Crippen LogP contribution in [0.4, 0.5) is 0 Å². The highest BCUT2D eigenvalue weighted by Gasteiger charge is 2.19. The minimum Gasteiger partial charge on any atom is -0.462 e. The predicted molar refractivity (Wildman–Crippen MR) is 210 cm³/mol. The maximum Gasteiger partial charge on any atom is 0.306 e. The van der Waals surface area contributed by atoms with Crippen LogP contribution < -0.4 is 0 Å². The molecule has 0 aliphatic carbocycles. The van der Waals surface area contributed by atoms with E-state index in [-0.39, 0.29) is 31.1 Å². The van der Waals surface area contributed by atoms with Crippen LogP contribution in [0.25, 0.3) is 0 Å². The monoisotopic (exact) mass is 709 g/mol. The van der Waals surface area contributed by atoms with Crippen LogP contribution in [0.2, 0.25) is 0 Å². The van der Waals surface area contributed by atoms with E-state index < -0.39 is 6.10 Å². The molecule has 0 radical (unpaired) electrons. The molecule has 296 valence electrons. The topological polar surface area (TPSA) is 78.9 Å². The van der Waals surface area contributed by atoms with Crippen LogP contribution in [0.1, 0.15) is 245 Å². The Morgan fingerprint density at radius 1 is 0.320 bits per heavy atom. The van der Waals surface area contributed by atoms with Crippen LogP contribution in [-0.2, 0) is 28.6 Å². The number of hydrogen-bond acceptors (Lipinski definition) is 6. The van der Waals surface area contributed by atoms with Gasteiger partial charge in [0.05, 0.1) is 0 Å². The quantitative estimate of drug-likeness (QED) is 0.0358. The van der Waals surface area contributed by atoms with Gasteiger partial charge in [-0.15, -0.1) is 0 Å². The first kappa shape index (κ1) is 48.4. The Hall–Kier alpha value is -1.59. The van der Waals surface area contributed by atoms with Gasteiger partial charge in [0.1, 0.15) is 13.2 Å². The van der Waals surface area contributed by atoms with Crippen molar-refractivity contribution < 1.29 is 28.6 Å². The first-order valence-electron chi connectivity index (χ1n) is 22.0. The van der Waals surface area contributed by atoms with E-state index in [0.717, 1.165) is 57.8 Å². The van der Waals surface area contributed by atoms with Gasteiger partial charge in [0.2, 0.25) is 0 Å². The Morgan fingerprint density at radius 3 is 0.800 bits per heavy atom. The predicted octanol–water partition coefficient (Wildman–Crippen LogP) is 13.7. The van der Waals surface area contributed by atoms with Crippen LogP contribution in [-0.4, -0.2) is 37.2 Å². The van der Waals surface area contributed by atoms with Gasteiger partial charge in [0, 0.05) is 19.3 Å². The SMILES string of the molecule is CCCCCCCCCCCCCCCCCCC(=O)OC[C@@H](COC(=O)CCCCCCCCC)OC(=O)CCCCCCCCCCC. The highest BCUT2D eigenvalue weighted by Crippen LogP contribution is 2.15. The second-order valence-corrected chi connectivity index (χ2v) is 15.0. The molecule has 0 bridgehead atoms. The minimum atomic E-state index is -0.756. The summed E-state index contributed by atoms with van der Waals surface area (Å²) in [5.74, 6) is -0.863. The fourth-order valence-electron chi connectivity index (χ4n) is 6.50. The van der Waals surface area contributed by atoms with E-state index >= 15 is 0 Å². The van der Waals surface area contributed by atoms with Gasteiger partial charge in [0.15, 0.2) is 6.10 Å². The lowest BCUT2D eigenvalue weighted by Gasteiger charge is -2.18. The van der Waals surface area contributed by atoms with E-state index in [9.17, 15) is 14.4 Å². The lowest BCUT2D eigenvalue weighted by atomic mass is 10.0. The average Bonchev–Trinajstić information content (AvgIpc) is 3.11. The third kappa shape index (κ3) is 37.7. The van der Waals surface area contributed by atoms with Crippen molar-refractivity contribution >= 4 is 17.9 Å². The van der Waals surface area contributed by atoms with Crippen LogP contribution >= 0.6 is 0 Å². The Kier molecular flexibility index (Phi) is 38.9. The van der Waals surface area contributed by atoms with E-state index in [1.54, 1.807) is 0 Å². The summed E-state index contributed by atoms with van der Waals surface area (Å²) in [6.45, 7) is 6.59. The molecule has 50 heavy (non-hydrogen) atoms. The van der Waals surface area contributed by atoms with Crippen molar-refractivity contribution in [3.05, 3.63) is 0 Å². The maximum absolute atomic E-state index is 12.6. The molecule has 0 fully saturated rings. The number of esters is 3. The molecule has 1 atom stereocenters. The van der Waals surface area contributed by atoms with E-state index in [2.05, 4.69) is 20.8 Å². The van der Waals surface area contributed by atoms with Crippen LogP contribution in [0.15, 0.2) is 0 Å². The third-order valence-corrected chi connectivity index (χ3v) is 9.86. The molecular weight excluding hydrogens is 624 g/mol. The summed E-state index contributed by atoms with van der Waals surface area (Å²) in [6.07, 6.45) is 39.6. The lowest BCUT2D eigenvalue weighted by molar-refractivity contribution is -0.167. The van der Waals surface area contributed by atoms with Crippen molar-refractivity contribution in [1.82, 2.24) is 0 Å². The first-order valence-corrected chi connectivity index (χ1v) is 22.0. The van der Waals surface area contributed by atoms with Gasteiger partial charge >= 0.3 is 17.9 Å². The molecule has 0 aliphatic rings. The number of carbonyl (C=O) groups is 3. The molecule has 0 aliphatic heterocycles. The summed E-state index contributed by atoms with van der Waals surface area (Å²) in [5, 5.41) is 0. The number of carbonyl (C=O) groups excluding carboxylic acids is 3. The number of unbranched alkanes of at least 4 members (excludes halogenated alkanes) is 29. The zero-order valence-corrected chi connectivity index (χ0v) is 33.7. The summed E-state index contributed by atoms with van der Waals surface area (Å²) >= 11 is 0. The Morgan fingerprint density at radius 2 is 0.540 bits per heavy atom. The fraction of sp³-hybridized carbons (Fsp3) is 0.932. The summed E-state index contributed by atoms with van der Waals surface area (Å²) in [6, 6.07) is 0. The largest absolute Gasteiger partial charge is 0.462 e. The molecule has 6 heteroatoms. The van der Waals surface area contributed by atoms with E-state index in [0.29, 0.717) is 19.3 Å². The molecule has 0 amide bonds. The number of hydrogen-bond donors (Lipinski definition) is 0. The highest BCUT2D eigenvalue weighted by atomic mass is 16.6. The van der Waals surface area contributed by atoms with Crippen molar-refractivity contribution in [1.29, 1.82) is 0 Å². The average molecular weight is 709 g/mol. The second-order valence-electron chi connectivity index (χ2n) is 15.0. The Balaban J connectivity index is 4.20. The molecule has 0 aromatic heterocycles. The standard InChI is InChI=1S/C44H84O6/c1-4-7-10-13-16-18-19-20-21-22-23-24-26-28-31-34-37-43(46)49-40-41(39-48-42(45)36-33-30-27-15-12-9-6-3)50-44(47)38-35-32-29-25-17-14-11-8-5-2/h41H,4-40H2,1-3H3/t41-/m1/s1. The van der Waals surface area contributed by atoms with E-state index in [4.69, 9.17) is 14.2 Å². The summed E-state index contributed by atoms with van der Waals surface area (Å²) in [5.41, 5.74) is 0. The maximum atomic E-state index is 12.6. The van der Waals surface area contributed by atoms with Gasteiger partial charge in [-0.3, -0.25) is 14.4 Å². The fourth-order valence-corrected chi connectivity index (χ4v) is 6.50. The number of rotatable bonds is 40. The molecule has 6 nitrogen and oxygen atoms in total. The van der Waals surface area contributed by atoms with E-state index in [1.807, 2.05) is 0 Å². The number of ether oxygens (including phenoxy) is 3. The molecule has 0 saturated carbocycles. The van der Waals surface area contributed by atoms with Gasteiger partial charge < -0.3 is 14.2 Å². The van der Waals surface area contributed by atoms with Crippen molar-refractivity contribution in [2.45, 2.75) is 252 Å². The Labute approximate surface area is 310 Å². The van der Waals surface area contributed by atoms with Gasteiger partial charge in [0.25, 0.3) is 0 Å². The highest BCUT2D eigenvalue weighted by molar-refractivity contribution is 5.71. The third-order valence-electron chi connectivity index (χ3n) is 9.86. The van der Waals surface area contributed by atoms with Crippen molar-refractivity contribution in [2.75, 3.05) is 13.2 Å². The van der Waals surface area contributed by atoms with Gasteiger partial charge in [-0.2, -0.15) is 0 Å². The molecule has 0 saturated heterocycles. The molecule has 0 spiro atoms. The van der Waals surface area contributed by atoms with Crippen molar-refractivity contribution in [3.63, 3.8) is 0 Å². The van der Waals surface area contributed by atoms with Gasteiger partial charge in [-0.25, -0.2) is 0 Å². The molecule has 0 N–H and O–H groups in total. The lowest BCUT2D eigenvalue weighted by Crippen LogP contribution is -2.30. The van der Waals surface area contributed by atoms with Crippen molar-refractivity contribution in [2.24, 2.45) is 0 Å². The summed E-state index contributed by atoms with van der Waals surface area (Å²) in [7, 11) is 0. The van der Waals surface area contributed by atoms with E-state index in [1.165, 1.54) is 148 Å². The summed E-state index contributed by atoms with van der Waals surface area (Å²) in [4.78, 5) is 37.4. The Bertz CT molecular complexity index is 738. The molecular formula is C44H84O6. The summed E-state index contributed by atoms with van der Waals surface area (Å²) < 4.78 is 16.6. The van der Waals surface area contributed by atoms with Crippen LogP contribution in [0.3, 0.4) is 0 Å². The second kappa shape index (κ2) is 40.2. The minimum absolute atomic E-state index is 0.0636. The molecule has 0 aromatic carbocycles. The molecule has 0 unspecified atom stereocenters. The zero-order chi connectivity index (χ0) is 36.6. The van der Waals surface area contributed by atoms with Crippen LogP contribution in [0, 0.1) is 0 Å². The van der Waals surface area contributed by atoms with Crippen molar-refractivity contribution in [3.8, 4) is 0 Å². The molecule has 0 heterocycles. The first-order chi connectivity index (χ1) is 24.5. The van der Waals surface area contributed by atoms with Gasteiger partial charge in [-0.05, 0) is 19.3 Å².